The third-order valence-electron chi connectivity index (χ3n) is 4.97. The predicted octanol–water partition coefficient (Wildman–Crippen LogP) is 4.66. The van der Waals surface area contributed by atoms with Crippen molar-refractivity contribution in [3.63, 3.8) is 0 Å². The van der Waals surface area contributed by atoms with Crippen LogP contribution >= 0.6 is 23.4 Å². The highest BCUT2D eigenvalue weighted by molar-refractivity contribution is 7.99. The van der Waals surface area contributed by atoms with Crippen molar-refractivity contribution in [2.45, 2.75) is 25.1 Å². The zero-order chi connectivity index (χ0) is 23.4. The Labute approximate surface area is 199 Å². The number of urea groups is 1. The van der Waals surface area contributed by atoms with Crippen LogP contribution in [0, 0.1) is 6.92 Å². The van der Waals surface area contributed by atoms with E-state index in [1.54, 1.807) is 31.2 Å². The van der Waals surface area contributed by atoms with Gasteiger partial charge in [-0.2, -0.15) is 0 Å². The number of hydrogen-bond acceptors (Lipinski definition) is 7. The Hall–Kier alpha value is -3.30. The average molecular weight is 485 g/mol. The van der Waals surface area contributed by atoms with Gasteiger partial charge < -0.3 is 19.8 Å². The number of rotatable bonds is 7. The molecule has 33 heavy (non-hydrogen) atoms. The fourth-order valence-electron chi connectivity index (χ4n) is 3.41. The molecule has 0 saturated heterocycles. The Morgan fingerprint density at radius 2 is 1.94 bits per heavy atom. The highest BCUT2D eigenvalue weighted by atomic mass is 35.5. The molecule has 0 saturated carbocycles. The molecule has 0 spiro atoms. The van der Waals surface area contributed by atoms with Crippen LogP contribution in [0.5, 0.6) is 0 Å². The Morgan fingerprint density at radius 3 is 2.67 bits per heavy atom. The lowest BCUT2D eigenvalue weighted by atomic mass is 9.95. The summed E-state index contributed by atoms with van der Waals surface area (Å²) in [6.45, 7) is 3.89. The summed E-state index contributed by atoms with van der Waals surface area (Å²) in [7, 11) is 0. The Balaban J connectivity index is 1.62. The molecule has 2 aromatic carbocycles. The van der Waals surface area contributed by atoms with E-state index in [4.69, 9.17) is 20.8 Å². The highest BCUT2D eigenvalue weighted by Gasteiger charge is 2.34. The van der Waals surface area contributed by atoms with Crippen molar-refractivity contribution in [2.75, 3.05) is 12.4 Å². The van der Waals surface area contributed by atoms with E-state index in [0.717, 1.165) is 11.1 Å². The first-order chi connectivity index (χ1) is 16.0. The van der Waals surface area contributed by atoms with Crippen LogP contribution in [0.3, 0.4) is 0 Å². The normalized spacial score (nSPS) is 15.7. The van der Waals surface area contributed by atoms with Crippen molar-refractivity contribution in [1.82, 2.24) is 20.8 Å². The number of esters is 1. The van der Waals surface area contributed by atoms with Crippen LogP contribution in [0.25, 0.3) is 11.5 Å². The largest absolute Gasteiger partial charge is 0.463 e. The summed E-state index contributed by atoms with van der Waals surface area (Å²) in [5.41, 5.74) is 3.30. The van der Waals surface area contributed by atoms with Crippen LogP contribution in [0.2, 0.25) is 5.02 Å². The summed E-state index contributed by atoms with van der Waals surface area (Å²) in [5, 5.41) is 14.6. The summed E-state index contributed by atoms with van der Waals surface area (Å²) in [6, 6.07) is 13.5. The Bertz CT molecular complexity index is 1210. The standard InChI is InChI=1S/C23H21ClN4O4S/c1-3-31-21(29)18-17(25-22(30)26-19(18)14-8-10-15(24)11-9-14)12-33-23-28-27-20(32-23)16-7-5-4-6-13(16)2/h4-11,19H,3,12H2,1-2H3,(H2,25,26,30). The first-order valence-electron chi connectivity index (χ1n) is 10.2. The minimum Gasteiger partial charge on any atom is -0.463 e. The molecule has 1 aromatic heterocycles. The van der Waals surface area contributed by atoms with E-state index in [1.165, 1.54) is 11.8 Å². The van der Waals surface area contributed by atoms with E-state index in [-0.39, 0.29) is 12.4 Å². The summed E-state index contributed by atoms with van der Waals surface area (Å²) >= 11 is 7.22. The molecule has 4 rings (SSSR count). The molecular formula is C23H21ClN4O4S. The van der Waals surface area contributed by atoms with E-state index in [9.17, 15) is 9.59 Å². The SMILES string of the molecule is CCOC(=O)C1=C(CSc2nnc(-c3ccccc3C)o2)NC(=O)NC1c1ccc(Cl)cc1. The molecule has 2 heterocycles. The highest BCUT2D eigenvalue weighted by Crippen LogP contribution is 2.32. The number of ether oxygens (including phenoxy) is 1. The number of aromatic nitrogens is 2. The quantitative estimate of drug-likeness (QED) is 0.371. The minimum absolute atomic E-state index is 0.202. The third kappa shape index (κ3) is 5.20. The maximum absolute atomic E-state index is 12.8. The van der Waals surface area contributed by atoms with E-state index in [2.05, 4.69) is 20.8 Å². The van der Waals surface area contributed by atoms with Gasteiger partial charge in [0, 0.05) is 22.0 Å². The lowest BCUT2D eigenvalue weighted by molar-refractivity contribution is -0.139. The fourth-order valence-corrected chi connectivity index (χ4v) is 4.27. The van der Waals surface area contributed by atoms with Gasteiger partial charge in [-0.3, -0.25) is 0 Å². The average Bonchev–Trinajstić information content (AvgIpc) is 3.27. The monoisotopic (exact) mass is 484 g/mol. The van der Waals surface area contributed by atoms with Gasteiger partial charge in [0.2, 0.25) is 5.89 Å². The molecule has 0 bridgehead atoms. The molecule has 0 radical (unpaired) electrons. The second kappa shape index (κ2) is 10.1. The summed E-state index contributed by atoms with van der Waals surface area (Å²) in [4.78, 5) is 25.2. The van der Waals surface area contributed by atoms with Crippen LogP contribution < -0.4 is 10.6 Å². The number of nitrogens with zero attached hydrogens (tertiary/aromatic N) is 2. The number of halogens is 1. The third-order valence-corrected chi connectivity index (χ3v) is 6.07. The first-order valence-corrected chi connectivity index (χ1v) is 11.6. The molecule has 2 amide bonds. The second-order valence-electron chi connectivity index (χ2n) is 7.17. The van der Waals surface area contributed by atoms with Gasteiger partial charge in [-0.05, 0) is 43.2 Å². The van der Waals surface area contributed by atoms with Crippen LogP contribution in [0.4, 0.5) is 4.79 Å². The smallest absolute Gasteiger partial charge is 0.338 e. The second-order valence-corrected chi connectivity index (χ2v) is 8.54. The Kier molecular flexibility index (Phi) is 7.00. The van der Waals surface area contributed by atoms with Crippen LogP contribution in [-0.2, 0) is 9.53 Å². The zero-order valence-corrected chi connectivity index (χ0v) is 19.5. The molecule has 1 unspecified atom stereocenters. The van der Waals surface area contributed by atoms with Crippen molar-refractivity contribution in [3.8, 4) is 11.5 Å². The minimum atomic E-state index is -0.684. The molecule has 10 heteroatoms. The van der Waals surface area contributed by atoms with Gasteiger partial charge in [-0.25, -0.2) is 9.59 Å². The molecule has 1 atom stereocenters. The van der Waals surface area contributed by atoms with Crippen molar-refractivity contribution in [3.05, 3.63) is 76.0 Å². The van der Waals surface area contributed by atoms with Crippen LogP contribution in [0.15, 0.2) is 69.4 Å². The van der Waals surface area contributed by atoms with Gasteiger partial charge in [0.15, 0.2) is 0 Å². The maximum Gasteiger partial charge on any atom is 0.338 e. The number of carbonyl (C=O) groups is 2. The molecule has 1 aliphatic rings. The molecule has 2 N–H and O–H groups in total. The topological polar surface area (TPSA) is 106 Å². The van der Waals surface area contributed by atoms with Crippen LogP contribution in [0.1, 0.15) is 24.1 Å². The predicted molar refractivity (Wildman–Crippen MR) is 125 cm³/mol. The molecule has 0 fully saturated rings. The molecular weight excluding hydrogens is 464 g/mol. The lowest BCUT2D eigenvalue weighted by Crippen LogP contribution is -2.46. The van der Waals surface area contributed by atoms with Gasteiger partial charge in [0.25, 0.3) is 5.22 Å². The van der Waals surface area contributed by atoms with Crippen molar-refractivity contribution in [1.29, 1.82) is 0 Å². The number of thioether (sulfide) groups is 1. The van der Waals surface area contributed by atoms with Gasteiger partial charge >= 0.3 is 12.0 Å². The van der Waals surface area contributed by atoms with Crippen molar-refractivity contribution in [2.24, 2.45) is 0 Å². The van der Waals surface area contributed by atoms with E-state index >= 15 is 0 Å². The number of amides is 2. The molecule has 3 aromatic rings. The van der Waals surface area contributed by atoms with Crippen molar-refractivity contribution >= 4 is 35.4 Å². The van der Waals surface area contributed by atoms with Crippen molar-refractivity contribution < 1.29 is 18.7 Å². The van der Waals surface area contributed by atoms with Gasteiger partial charge in [0.1, 0.15) is 0 Å². The Morgan fingerprint density at radius 1 is 1.18 bits per heavy atom. The molecule has 8 nitrogen and oxygen atoms in total. The van der Waals surface area contributed by atoms with Crippen LogP contribution in [-0.4, -0.2) is 34.6 Å². The zero-order valence-electron chi connectivity index (χ0n) is 17.9. The molecule has 1 aliphatic heterocycles. The van der Waals surface area contributed by atoms with Gasteiger partial charge in [-0.15, -0.1) is 10.2 Å². The summed E-state index contributed by atoms with van der Waals surface area (Å²) in [6.07, 6.45) is 0. The summed E-state index contributed by atoms with van der Waals surface area (Å²) in [5.74, 6) is 0.108. The number of benzene rings is 2. The van der Waals surface area contributed by atoms with Gasteiger partial charge in [0.05, 0.1) is 18.2 Å². The number of carbonyl (C=O) groups excluding carboxylic acids is 2. The fraction of sp³-hybridized carbons (Fsp3) is 0.217. The molecule has 0 aliphatic carbocycles. The van der Waals surface area contributed by atoms with E-state index in [1.807, 2.05) is 31.2 Å². The lowest BCUT2D eigenvalue weighted by Gasteiger charge is -2.29. The number of hydrogen-bond donors (Lipinski definition) is 2. The van der Waals surface area contributed by atoms with E-state index < -0.39 is 18.0 Å². The first kappa shape index (κ1) is 22.9. The number of nitrogens with one attached hydrogen (secondary N) is 2. The maximum atomic E-state index is 12.8. The summed E-state index contributed by atoms with van der Waals surface area (Å²) < 4.78 is 11.1. The van der Waals surface area contributed by atoms with E-state index in [0.29, 0.717) is 33.0 Å². The van der Waals surface area contributed by atoms with Gasteiger partial charge in [-0.1, -0.05) is 53.7 Å². The molecule has 170 valence electrons. The number of aryl methyl sites for hydroxylation is 1.